The molecule has 0 radical (unpaired) electrons. The van der Waals surface area contributed by atoms with Crippen molar-refractivity contribution in [3.8, 4) is 33.8 Å². The molecule has 6 heterocycles. The summed E-state index contributed by atoms with van der Waals surface area (Å²) in [5.74, 6) is -7.40. The van der Waals surface area contributed by atoms with Crippen molar-refractivity contribution in [2.45, 2.75) is 247 Å². The van der Waals surface area contributed by atoms with E-state index in [9.17, 15) is 56.4 Å². The molecule has 2 saturated heterocycles. The van der Waals surface area contributed by atoms with Gasteiger partial charge in [-0.1, -0.05) is 34.6 Å². The number of hydrogen-bond acceptors (Lipinski definition) is 32. The minimum Gasteiger partial charge on any atom is -0.489 e. The van der Waals surface area contributed by atoms with Crippen molar-refractivity contribution >= 4 is 115 Å². The first-order chi connectivity index (χ1) is 56.8. The first-order valence-corrected chi connectivity index (χ1v) is 41.8. The van der Waals surface area contributed by atoms with Gasteiger partial charge in [0.2, 0.25) is 45.7 Å². The topological polar surface area (TPSA) is 488 Å². The lowest BCUT2D eigenvalue weighted by atomic mass is 9.84. The number of hydrogen-bond donors (Lipinski definition) is 6. The Bertz CT molecular complexity index is 4710. The summed E-state index contributed by atoms with van der Waals surface area (Å²) >= 11 is 1.16. The van der Waals surface area contributed by atoms with E-state index in [-0.39, 0.29) is 21.8 Å². The van der Waals surface area contributed by atoms with Gasteiger partial charge in [0.1, 0.15) is 70.4 Å². The number of benzene rings is 2. The predicted octanol–water partition coefficient (Wildman–Crippen LogP) is 7.54. The van der Waals surface area contributed by atoms with Crippen LogP contribution in [0, 0.1) is 0 Å². The summed E-state index contributed by atoms with van der Waals surface area (Å²) in [4.78, 5) is 155. The predicted molar refractivity (Wildman–Crippen MR) is 442 cm³/mol. The third-order valence-corrected chi connectivity index (χ3v) is 18.6. The smallest absolute Gasteiger partial charge is 0.442 e. The van der Waals surface area contributed by atoms with Crippen molar-refractivity contribution in [1.29, 1.82) is 0 Å². The number of carbonyl (C=O) groups excluding carboxylic acids is 10. The summed E-state index contributed by atoms with van der Waals surface area (Å²) in [7, 11) is -1.78. The number of nitrogens with one attached hydrogen (secondary N) is 6. The highest BCUT2D eigenvalue weighted by molar-refractivity contribution is 7.81. The number of oxime groups is 2. The molecule has 6 aromatic rings. The lowest BCUT2D eigenvalue weighted by molar-refractivity contribution is -0.753. The van der Waals surface area contributed by atoms with Crippen LogP contribution in [-0.4, -0.2) is 213 Å². The third-order valence-electron chi connectivity index (χ3n) is 16.7. The minimum absolute atomic E-state index is 0.204. The number of amides is 8. The Balaban J connectivity index is 0.953. The van der Waals surface area contributed by atoms with Crippen molar-refractivity contribution in [3.63, 3.8) is 0 Å². The summed E-state index contributed by atoms with van der Waals surface area (Å²) in [5, 5.41) is 23.5. The average Bonchev–Trinajstić information content (AvgIpc) is 0.792. The van der Waals surface area contributed by atoms with Gasteiger partial charge in [0.15, 0.2) is 14.1 Å². The van der Waals surface area contributed by atoms with Crippen LogP contribution in [-0.2, 0) is 113 Å². The number of β-lactam (4-membered cyclic amide) rings is 2. The van der Waals surface area contributed by atoms with Gasteiger partial charge in [-0.2, -0.15) is 46.6 Å². The quantitative estimate of drug-likeness (QED) is 0.00432. The average molecular weight is 1780 g/mol. The van der Waals surface area contributed by atoms with Crippen LogP contribution in [0.5, 0.6) is 11.5 Å². The zero-order chi connectivity index (χ0) is 91.5. The van der Waals surface area contributed by atoms with E-state index in [4.69, 9.17) is 56.1 Å². The minimum atomic E-state index is -5.52. The maximum absolute atomic E-state index is 14.6. The molecule has 4 atom stereocenters. The third kappa shape index (κ3) is 28.7. The van der Waals surface area contributed by atoms with Gasteiger partial charge in [-0.15, -0.1) is 17.9 Å². The molecule has 6 N–H and O–H groups in total. The molecule has 45 heteroatoms. The van der Waals surface area contributed by atoms with E-state index in [0.29, 0.717) is 72.2 Å². The molecule has 2 aliphatic rings. The van der Waals surface area contributed by atoms with E-state index in [0.717, 1.165) is 22.3 Å². The SMILES string of the molecule is C[n+]1cc(-c2ccc(OC[C@H](O/N=C(\C(=O)N[C@@H]3C(=O)N(OS(=O)(=O)ON4C(=O)[C@@H](NC(=O)/C(=N\O[C@@H](COc5ccc(-c6cn(CCCNC(=O)OC(C)(C)C)[n+](C)c6)cc5)C(=O)OC(C)(C)C)c5nsc(NC(=O)OC(C)(C)C)n5)C4(C)C)C3(C)C)c3nsc(NC(=O)OC(C)(C)C)n3)C(=O)OC(C)(C)C)cc2)cn1CCCNC(=O)OC(C)(C)C. The van der Waals surface area contributed by atoms with Crippen LogP contribution in [0.2, 0.25) is 0 Å². The summed E-state index contributed by atoms with van der Waals surface area (Å²) in [6.45, 7) is 35.9. The van der Waals surface area contributed by atoms with Gasteiger partial charge in [-0.3, -0.25) is 29.8 Å². The molecular formula is C78H110N18O24S3+2. The maximum Gasteiger partial charge on any atom is 0.442 e. The molecule has 8 rings (SSSR count). The van der Waals surface area contributed by atoms with E-state index in [1.54, 1.807) is 173 Å². The number of hydroxylamine groups is 4. The Labute approximate surface area is 720 Å². The summed E-state index contributed by atoms with van der Waals surface area (Å²) in [6.07, 6.45) is 2.55. The number of nitrogens with zero attached hydrogens (tertiary/aromatic N) is 12. The van der Waals surface area contributed by atoms with Gasteiger partial charge in [-0.25, -0.2) is 28.8 Å². The number of aromatic nitrogens is 8. The molecule has 0 unspecified atom stereocenters. The van der Waals surface area contributed by atoms with Crippen molar-refractivity contribution < 1.29 is 122 Å². The van der Waals surface area contributed by atoms with E-state index >= 15 is 0 Å². The Morgan fingerprint density at radius 1 is 0.480 bits per heavy atom. The maximum atomic E-state index is 14.6. The molecule has 8 amide bonds. The Kier molecular flexibility index (Phi) is 30.5. The van der Waals surface area contributed by atoms with Gasteiger partial charge in [0.25, 0.3) is 35.8 Å². The van der Waals surface area contributed by atoms with E-state index in [2.05, 4.69) is 60.9 Å². The number of aryl methyl sites for hydroxylation is 4. The summed E-state index contributed by atoms with van der Waals surface area (Å²) in [6, 6.07) is 10.4. The van der Waals surface area contributed by atoms with Crippen molar-refractivity contribution in [2.75, 3.05) is 36.9 Å². The highest BCUT2D eigenvalue weighted by Crippen LogP contribution is 2.38. The van der Waals surface area contributed by atoms with Crippen LogP contribution in [0.15, 0.2) is 83.6 Å². The molecule has 0 aliphatic carbocycles. The molecule has 2 fully saturated rings. The van der Waals surface area contributed by atoms with Crippen molar-refractivity contribution in [3.05, 3.63) is 85.0 Å². The number of carbonyl (C=O) groups is 10. The molecular weight excluding hydrogens is 1670 g/mol. The second kappa shape index (κ2) is 38.8. The summed E-state index contributed by atoms with van der Waals surface area (Å²) < 4.78 is 99.1. The molecule has 123 heavy (non-hydrogen) atoms. The highest BCUT2D eigenvalue weighted by Gasteiger charge is 2.62. The van der Waals surface area contributed by atoms with Gasteiger partial charge in [0, 0.05) is 36.2 Å². The van der Waals surface area contributed by atoms with Crippen LogP contribution in [0.1, 0.15) is 177 Å². The molecule has 2 aliphatic heterocycles. The fraction of sp³-hybridized carbons (Fsp3) is 0.564. The first kappa shape index (κ1) is 96.7. The standard InChI is InChI=1S/C78H108N18O24S3/c1-71(2,3)111-63(101)51(43-109-49-31-27-45(28-32-49)47-39-91(23)93(41-47)37-25-35-79-67(103)113-73(7,8)9)117-87-53(57-83-65(121-89-57)85-69(105)115-75(13,14)15)59(97)81-55-61(99)95(77(55,19)20)119-123(107,108)120-96-62(100)56(78(96,21)22)82-60(98)54(58-84-66(122-90-58)86-70(106)116-76(16,17)18)88-118-52(64(102)112-72(4,5)6)44-110-50-33-29-46(30-34-50)48-40-92(24)94(42-48)38-26-36-80-68(104)114-74(10,11)12/h27-34,39-42,51-52,55-56H,25-26,35-38,43-44H2,1-24H3,(H4-2,79,80,81,82,83,84,85,86,89,90,97,98,103,104,105,106)/p+2/b87-53-,88-54-/t51-,52-,55+,56+/m0/s1. The largest absolute Gasteiger partial charge is 0.489 e. The number of alkyl carbamates (subject to hydrolysis) is 2. The lowest BCUT2D eigenvalue weighted by Crippen LogP contribution is -2.78. The van der Waals surface area contributed by atoms with E-state index in [1.807, 2.05) is 57.6 Å². The van der Waals surface area contributed by atoms with Crippen molar-refractivity contribution in [2.24, 2.45) is 24.4 Å². The number of esters is 2. The van der Waals surface area contributed by atoms with Crippen molar-refractivity contribution in [1.82, 2.24) is 59.5 Å². The van der Waals surface area contributed by atoms with Crippen LogP contribution in [0.3, 0.4) is 0 Å². The molecule has 672 valence electrons. The monoisotopic (exact) mass is 1780 g/mol. The Hall–Kier alpha value is -11.7. The lowest BCUT2D eigenvalue weighted by Gasteiger charge is -2.52. The molecule has 0 bridgehead atoms. The number of anilines is 2. The van der Waals surface area contributed by atoms with Gasteiger partial charge in [-0.05, 0) is 201 Å². The molecule has 0 spiro atoms. The van der Waals surface area contributed by atoms with Gasteiger partial charge < -0.3 is 68.8 Å². The molecule has 42 nitrogen and oxygen atoms in total. The zero-order valence-corrected chi connectivity index (χ0v) is 75.7. The molecule has 4 aromatic heterocycles. The van der Waals surface area contributed by atoms with Crippen LogP contribution >= 0.6 is 23.1 Å². The number of ether oxygens (including phenoxy) is 8. The van der Waals surface area contributed by atoms with Crippen LogP contribution in [0.25, 0.3) is 22.3 Å². The van der Waals surface area contributed by atoms with E-state index < -0.39 is 176 Å². The first-order valence-electron chi connectivity index (χ1n) is 38.9. The highest BCUT2D eigenvalue weighted by atomic mass is 32.3. The second-order valence-corrected chi connectivity index (χ2v) is 37.9. The van der Waals surface area contributed by atoms with Crippen LogP contribution in [0.4, 0.5) is 29.4 Å². The summed E-state index contributed by atoms with van der Waals surface area (Å²) in [5.41, 5.74) is -7.26. The van der Waals surface area contributed by atoms with Gasteiger partial charge in [0.05, 0.1) is 47.7 Å². The Morgan fingerprint density at radius 2 is 0.797 bits per heavy atom. The second-order valence-electron chi connectivity index (χ2n) is 35.3. The number of rotatable bonds is 34. The molecule has 0 saturated carbocycles. The Morgan fingerprint density at radius 3 is 1.11 bits per heavy atom. The van der Waals surface area contributed by atoms with E-state index in [1.165, 1.54) is 27.7 Å². The normalized spacial score (nSPS) is 16.1. The van der Waals surface area contributed by atoms with Gasteiger partial charge >= 0.3 is 46.7 Å². The fourth-order valence-corrected chi connectivity index (χ4v) is 13.2. The zero-order valence-electron chi connectivity index (χ0n) is 73.3. The molecule has 2 aromatic carbocycles. The van der Waals surface area contributed by atoms with Crippen LogP contribution < -0.4 is 50.7 Å². The fourth-order valence-electron chi connectivity index (χ4n) is 11.2.